The summed E-state index contributed by atoms with van der Waals surface area (Å²) >= 11 is 1.78. The molecule has 1 aromatic carbocycles. The fourth-order valence-corrected chi connectivity index (χ4v) is 2.67. The summed E-state index contributed by atoms with van der Waals surface area (Å²) in [5.41, 5.74) is 1.35. The number of piperazine rings is 1. The number of thioether (sulfide) groups is 1. The summed E-state index contributed by atoms with van der Waals surface area (Å²) in [6, 6.07) is 9.19. The molecule has 92 valence electrons. The summed E-state index contributed by atoms with van der Waals surface area (Å²) < 4.78 is 0. The summed E-state index contributed by atoms with van der Waals surface area (Å²) in [4.78, 5) is 3.80. The van der Waals surface area contributed by atoms with Crippen LogP contribution in [0, 0.1) is 0 Å². The van der Waals surface area contributed by atoms with E-state index in [1.807, 2.05) is 0 Å². The third kappa shape index (κ3) is 3.12. The normalized spacial score (nSPS) is 18.9. The van der Waals surface area contributed by atoms with Crippen LogP contribution in [-0.2, 0) is 0 Å². The summed E-state index contributed by atoms with van der Waals surface area (Å²) in [5.74, 6) is 0. The summed E-state index contributed by atoms with van der Waals surface area (Å²) in [6.45, 7) is 8.34. The number of hydrogen-bond donors (Lipinski definition) is 1. The van der Waals surface area contributed by atoms with Crippen molar-refractivity contribution in [3.63, 3.8) is 0 Å². The molecule has 1 heterocycles. The molecule has 0 spiro atoms. The molecule has 1 saturated heterocycles. The molecule has 0 amide bonds. The Bertz CT molecular complexity index is 355. The molecule has 1 N–H and O–H groups in total. The maximum absolute atomic E-state index is 3.99. The van der Waals surface area contributed by atoms with Crippen molar-refractivity contribution in [2.75, 3.05) is 32.4 Å². The standard InChI is InChI=1S/C14H20N2S/c1-3-14(16-10-8-15-9-11-16)12-4-6-13(17-2)7-5-12/h3-7,14-15H,1,8-11H2,2H3/t14-/m1/s1. The van der Waals surface area contributed by atoms with Crippen molar-refractivity contribution in [2.45, 2.75) is 10.9 Å². The summed E-state index contributed by atoms with van der Waals surface area (Å²) in [7, 11) is 0. The van der Waals surface area contributed by atoms with Crippen molar-refractivity contribution >= 4 is 11.8 Å². The van der Waals surface area contributed by atoms with E-state index in [0.717, 1.165) is 26.2 Å². The average Bonchev–Trinajstić information content (AvgIpc) is 2.42. The largest absolute Gasteiger partial charge is 0.314 e. The Morgan fingerprint density at radius 2 is 1.94 bits per heavy atom. The van der Waals surface area contributed by atoms with Crippen molar-refractivity contribution < 1.29 is 0 Å². The van der Waals surface area contributed by atoms with Gasteiger partial charge in [0.05, 0.1) is 6.04 Å². The molecule has 0 unspecified atom stereocenters. The van der Waals surface area contributed by atoms with Crippen LogP contribution in [0.25, 0.3) is 0 Å². The van der Waals surface area contributed by atoms with Gasteiger partial charge in [-0.2, -0.15) is 0 Å². The van der Waals surface area contributed by atoms with Crippen LogP contribution in [0.2, 0.25) is 0 Å². The van der Waals surface area contributed by atoms with Crippen molar-refractivity contribution in [1.29, 1.82) is 0 Å². The second-order valence-electron chi connectivity index (χ2n) is 4.24. The number of hydrogen-bond acceptors (Lipinski definition) is 3. The number of rotatable bonds is 4. The maximum atomic E-state index is 3.99. The lowest BCUT2D eigenvalue weighted by atomic mass is 10.0. The van der Waals surface area contributed by atoms with Crippen LogP contribution in [0.1, 0.15) is 11.6 Å². The molecule has 1 atom stereocenters. The number of nitrogens with zero attached hydrogens (tertiary/aromatic N) is 1. The van der Waals surface area contributed by atoms with Crippen LogP contribution in [0.15, 0.2) is 41.8 Å². The minimum Gasteiger partial charge on any atom is -0.314 e. The Labute approximate surface area is 108 Å². The molecule has 2 rings (SSSR count). The van der Waals surface area contributed by atoms with Crippen molar-refractivity contribution in [3.05, 3.63) is 42.5 Å². The predicted molar refractivity (Wildman–Crippen MR) is 75.6 cm³/mol. The zero-order valence-corrected chi connectivity index (χ0v) is 11.2. The zero-order valence-electron chi connectivity index (χ0n) is 10.4. The highest BCUT2D eigenvalue weighted by Crippen LogP contribution is 2.24. The lowest BCUT2D eigenvalue weighted by molar-refractivity contribution is 0.203. The Morgan fingerprint density at radius 1 is 1.29 bits per heavy atom. The van der Waals surface area contributed by atoms with Gasteiger partial charge >= 0.3 is 0 Å². The Balaban J connectivity index is 2.12. The van der Waals surface area contributed by atoms with E-state index in [2.05, 4.69) is 53.4 Å². The van der Waals surface area contributed by atoms with Crippen LogP contribution < -0.4 is 5.32 Å². The summed E-state index contributed by atoms with van der Waals surface area (Å²) in [6.07, 6.45) is 4.16. The van der Waals surface area contributed by atoms with Crippen LogP contribution in [0.3, 0.4) is 0 Å². The molecule has 1 aliphatic rings. The molecule has 3 heteroatoms. The molecule has 0 bridgehead atoms. The molecule has 1 aliphatic heterocycles. The molecule has 0 aromatic heterocycles. The first-order chi connectivity index (χ1) is 8.35. The maximum Gasteiger partial charge on any atom is 0.0529 e. The Hall–Kier alpha value is -0.770. The number of nitrogens with one attached hydrogen (secondary N) is 1. The van der Waals surface area contributed by atoms with Gasteiger partial charge in [0.2, 0.25) is 0 Å². The van der Waals surface area contributed by atoms with Crippen LogP contribution in [-0.4, -0.2) is 37.3 Å². The van der Waals surface area contributed by atoms with Crippen LogP contribution in [0.5, 0.6) is 0 Å². The van der Waals surface area contributed by atoms with E-state index in [1.54, 1.807) is 11.8 Å². The van der Waals surface area contributed by atoms with Gasteiger partial charge in [0.15, 0.2) is 0 Å². The van der Waals surface area contributed by atoms with Crippen LogP contribution >= 0.6 is 11.8 Å². The van der Waals surface area contributed by atoms with Crippen molar-refractivity contribution in [2.24, 2.45) is 0 Å². The number of benzene rings is 1. The van der Waals surface area contributed by atoms with E-state index in [4.69, 9.17) is 0 Å². The van der Waals surface area contributed by atoms with Gasteiger partial charge in [-0.25, -0.2) is 0 Å². The van der Waals surface area contributed by atoms with Gasteiger partial charge in [-0.1, -0.05) is 18.2 Å². The highest BCUT2D eigenvalue weighted by molar-refractivity contribution is 7.98. The van der Waals surface area contributed by atoms with Gasteiger partial charge in [0, 0.05) is 31.1 Å². The van der Waals surface area contributed by atoms with Gasteiger partial charge in [-0.05, 0) is 24.0 Å². The quantitative estimate of drug-likeness (QED) is 0.651. The second kappa shape index (κ2) is 6.24. The summed E-state index contributed by atoms with van der Waals surface area (Å²) in [5, 5.41) is 3.38. The monoisotopic (exact) mass is 248 g/mol. The highest BCUT2D eigenvalue weighted by Gasteiger charge is 2.18. The fraction of sp³-hybridized carbons (Fsp3) is 0.429. The SMILES string of the molecule is C=C[C@H](c1ccc(SC)cc1)N1CCNCC1. The first-order valence-corrected chi connectivity index (χ1v) is 7.29. The molecule has 17 heavy (non-hydrogen) atoms. The smallest absolute Gasteiger partial charge is 0.0529 e. The fourth-order valence-electron chi connectivity index (χ4n) is 2.26. The highest BCUT2D eigenvalue weighted by atomic mass is 32.2. The van der Waals surface area contributed by atoms with Crippen molar-refractivity contribution in [1.82, 2.24) is 10.2 Å². The van der Waals surface area contributed by atoms with E-state index < -0.39 is 0 Å². The van der Waals surface area contributed by atoms with Gasteiger partial charge < -0.3 is 5.32 Å². The lowest BCUT2D eigenvalue weighted by Gasteiger charge is -2.33. The van der Waals surface area contributed by atoms with E-state index in [-0.39, 0.29) is 0 Å². The van der Waals surface area contributed by atoms with E-state index >= 15 is 0 Å². The Morgan fingerprint density at radius 3 is 2.47 bits per heavy atom. The third-order valence-electron chi connectivity index (χ3n) is 3.23. The molecule has 1 aromatic rings. The second-order valence-corrected chi connectivity index (χ2v) is 5.12. The first kappa shape index (κ1) is 12.7. The van der Waals surface area contributed by atoms with Crippen molar-refractivity contribution in [3.8, 4) is 0 Å². The van der Waals surface area contributed by atoms with Crippen LogP contribution in [0.4, 0.5) is 0 Å². The van der Waals surface area contributed by atoms with Gasteiger partial charge in [0.1, 0.15) is 0 Å². The topological polar surface area (TPSA) is 15.3 Å². The van der Waals surface area contributed by atoms with Gasteiger partial charge in [-0.3, -0.25) is 4.90 Å². The molecule has 0 radical (unpaired) electrons. The zero-order chi connectivity index (χ0) is 12.1. The van der Waals surface area contributed by atoms with E-state index in [1.165, 1.54) is 10.5 Å². The molecular weight excluding hydrogens is 228 g/mol. The van der Waals surface area contributed by atoms with E-state index in [9.17, 15) is 0 Å². The lowest BCUT2D eigenvalue weighted by Crippen LogP contribution is -2.44. The minimum absolute atomic E-state index is 0.355. The van der Waals surface area contributed by atoms with Gasteiger partial charge in [-0.15, -0.1) is 18.3 Å². The first-order valence-electron chi connectivity index (χ1n) is 6.06. The molecule has 2 nitrogen and oxygen atoms in total. The Kier molecular flexibility index (Phi) is 4.66. The molecule has 0 aliphatic carbocycles. The molecule has 1 fully saturated rings. The third-order valence-corrected chi connectivity index (χ3v) is 3.97. The average molecular weight is 248 g/mol. The van der Waals surface area contributed by atoms with Gasteiger partial charge in [0.25, 0.3) is 0 Å². The van der Waals surface area contributed by atoms with E-state index in [0.29, 0.717) is 6.04 Å². The minimum atomic E-state index is 0.355. The molecular formula is C14H20N2S. The molecule has 0 saturated carbocycles. The predicted octanol–water partition coefficient (Wildman–Crippen LogP) is 2.54.